The summed E-state index contributed by atoms with van der Waals surface area (Å²) >= 11 is 0. The quantitative estimate of drug-likeness (QED) is 0.783. The van der Waals surface area contributed by atoms with Crippen LogP contribution in [-0.2, 0) is 10.0 Å². The van der Waals surface area contributed by atoms with Crippen molar-refractivity contribution in [2.45, 2.75) is 27.2 Å². The lowest BCUT2D eigenvalue weighted by Crippen LogP contribution is -2.46. The molecule has 1 fully saturated rings. The minimum absolute atomic E-state index is 0.149. The first-order chi connectivity index (χ1) is 9.79. The van der Waals surface area contributed by atoms with Crippen LogP contribution in [0, 0.1) is 5.41 Å². The normalized spacial score (nSPS) is 23.1. The van der Waals surface area contributed by atoms with Crippen molar-refractivity contribution in [3.8, 4) is 0 Å². The Bertz CT molecular complexity index is 474. The van der Waals surface area contributed by atoms with Gasteiger partial charge in [-0.05, 0) is 11.8 Å². The van der Waals surface area contributed by atoms with E-state index >= 15 is 0 Å². The molecule has 0 atom stereocenters. The van der Waals surface area contributed by atoms with Crippen molar-refractivity contribution in [3.05, 3.63) is 11.6 Å². The monoisotopic (exact) mass is 315 g/mol. The molecule has 2 heterocycles. The summed E-state index contributed by atoms with van der Waals surface area (Å²) < 4.78 is 26.5. The fraction of sp³-hybridized carbons (Fsp3) is 0.867. The maximum atomic E-state index is 12.4. The van der Waals surface area contributed by atoms with Crippen LogP contribution in [0.3, 0.4) is 0 Å². The van der Waals surface area contributed by atoms with Gasteiger partial charge >= 0.3 is 0 Å². The average Bonchev–Trinajstić information content (AvgIpc) is 2.46. The van der Waals surface area contributed by atoms with E-state index < -0.39 is 10.0 Å². The Morgan fingerprint density at radius 3 is 2.38 bits per heavy atom. The Morgan fingerprint density at radius 2 is 1.86 bits per heavy atom. The van der Waals surface area contributed by atoms with Gasteiger partial charge in [-0.3, -0.25) is 4.90 Å². The molecule has 0 aromatic heterocycles. The van der Waals surface area contributed by atoms with Crippen molar-refractivity contribution in [1.82, 2.24) is 14.5 Å². The Labute approximate surface area is 129 Å². The van der Waals surface area contributed by atoms with Gasteiger partial charge in [0.25, 0.3) is 0 Å². The van der Waals surface area contributed by atoms with E-state index in [-0.39, 0.29) is 11.2 Å². The Kier molecular flexibility index (Phi) is 5.46. The van der Waals surface area contributed by atoms with E-state index in [1.165, 1.54) is 5.57 Å². The molecule has 21 heavy (non-hydrogen) atoms. The molecule has 5 nitrogen and oxygen atoms in total. The highest BCUT2D eigenvalue weighted by Gasteiger charge is 2.28. The summed E-state index contributed by atoms with van der Waals surface area (Å²) in [6.07, 6.45) is 2.96. The molecule has 0 aliphatic carbocycles. The van der Waals surface area contributed by atoms with Crippen LogP contribution in [0.15, 0.2) is 11.6 Å². The number of piperazine rings is 1. The zero-order chi connectivity index (χ0) is 15.5. The molecule has 0 amide bonds. The molecular weight excluding hydrogens is 286 g/mol. The molecule has 0 bridgehead atoms. The molecule has 6 heteroatoms. The average molecular weight is 315 g/mol. The number of hydrogen-bond donors (Lipinski definition) is 1. The summed E-state index contributed by atoms with van der Waals surface area (Å²) in [5, 5.41) is 3.28. The van der Waals surface area contributed by atoms with Crippen molar-refractivity contribution < 1.29 is 8.42 Å². The van der Waals surface area contributed by atoms with Gasteiger partial charge in [0.1, 0.15) is 0 Å². The third kappa shape index (κ3) is 4.77. The molecule has 2 aliphatic heterocycles. The number of sulfonamides is 1. The van der Waals surface area contributed by atoms with Gasteiger partial charge < -0.3 is 5.32 Å². The fourth-order valence-corrected chi connectivity index (χ4v) is 4.31. The van der Waals surface area contributed by atoms with Crippen LogP contribution in [-0.4, -0.2) is 69.2 Å². The van der Waals surface area contributed by atoms with Crippen LogP contribution in [0.4, 0.5) is 0 Å². The summed E-state index contributed by atoms with van der Waals surface area (Å²) in [7, 11) is -3.12. The Balaban J connectivity index is 1.87. The minimum atomic E-state index is -3.12. The third-order valence-electron chi connectivity index (χ3n) is 4.40. The van der Waals surface area contributed by atoms with Crippen LogP contribution in [0.25, 0.3) is 0 Å². The molecule has 1 saturated heterocycles. The van der Waals surface area contributed by atoms with Crippen molar-refractivity contribution in [1.29, 1.82) is 0 Å². The second-order valence-corrected chi connectivity index (χ2v) is 9.08. The topological polar surface area (TPSA) is 52.7 Å². The molecule has 0 aromatic carbocycles. The van der Waals surface area contributed by atoms with E-state index in [9.17, 15) is 8.42 Å². The predicted octanol–water partition coefficient (Wildman–Crippen LogP) is 0.900. The van der Waals surface area contributed by atoms with E-state index in [1.807, 2.05) is 0 Å². The number of nitrogens with zero attached hydrogens (tertiary/aromatic N) is 2. The maximum absolute atomic E-state index is 12.4. The fourth-order valence-electron chi connectivity index (χ4n) is 2.89. The molecule has 122 valence electrons. The van der Waals surface area contributed by atoms with E-state index in [0.29, 0.717) is 19.6 Å². The van der Waals surface area contributed by atoms with E-state index in [1.54, 1.807) is 4.31 Å². The first-order valence-corrected chi connectivity index (χ1v) is 9.50. The molecule has 0 saturated carbocycles. The van der Waals surface area contributed by atoms with Crippen LogP contribution in [0.5, 0.6) is 0 Å². The minimum Gasteiger partial charge on any atom is -0.314 e. The van der Waals surface area contributed by atoms with Crippen LogP contribution >= 0.6 is 0 Å². The van der Waals surface area contributed by atoms with Gasteiger partial charge in [0.2, 0.25) is 10.0 Å². The van der Waals surface area contributed by atoms with Gasteiger partial charge in [0.15, 0.2) is 0 Å². The standard InChI is InChI=1S/C15H29N3O2S/c1-15(2,3)14-4-8-18(9-5-14)21(19,20)13-12-17-10-6-16-7-11-17/h4,16H,5-13H2,1-3H3. The highest BCUT2D eigenvalue weighted by atomic mass is 32.2. The number of rotatable bonds is 4. The largest absolute Gasteiger partial charge is 0.314 e. The van der Waals surface area contributed by atoms with Gasteiger partial charge in [-0.15, -0.1) is 0 Å². The lowest BCUT2D eigenvalue weighted by Gasteiger charge is -2.32. The molecule has 1 N–H and O–H groups in total. The van der Waals surface area contributed by atoms with Gasteiger partial charge in [-0.2, -0.15) is 4.31 Å². The predicted molar refractivity (Wildman–Crippen MR) is 86.8 cm³/mol. The van der Waals surface area contributed by atoms with Crippen LogP contribution in [0.1, 0.15) is 27.2 Å². The molecule has 2 rings (SSSR count). The van der Waals surface area contributed by atoms with Gasteiger partial charge in [-0.1, -0.05) is 32.4 Å². The molecule has 0 aromatic rings. The third-order valence-corrected chi connectivity index (χ3v) is 6.22. The highest BCUT2D eigenvalue weighted by molar-refractivity contribution is 7.89. The zero-order valence-electron chi connectivity index (χ0n) is 13.6. The number of hydrogen-bond acceptors (Lipinski definition) is 4. The van der Waals surface area contributed by atoms with Crippen LogP contribution in [0.2, 0.25) is 0 Å². The van der Waals surface area contributed by atoms with Crippen molar-refractivity contribution >= 4 is 10.0 Å². The summed E-state index contributed by atoms with van der Waals surface area (Å²) in [6, 6.07) is 0. The molecule has 0 spiro atoms. The molecule has 2 aliphatic rings. The lowest BCUT2D eigenvalue weighted by molar-refractivity contribution is 0.252. The zero-order valence-corrected chi connectivity index (χ0v) is 14.4. The summed E-state index contributed by atoms with van der Waals surface area (Å²) in [5.41, 5.74) is 1.52. The van der Waals surface area contributed by atoms with E-state index in [4.69, 9.17) is 0 Å². The number of nitrogens with one attached hydrogen (secondary N) is 1. The summed E-state index contributed by atoms with van der Waals surface area (Å²) in [5.74, 6) is 0.242. The lowest BCUT2D eigenvalue weighted by atomic mass is 9.83. The Morgan fingerprint density at radius 1 is 1.19 bits per heavy atom. The van der Waals surface area contributed by atoms with E-state index in [2.05, 4.69) is 37.1 Å². The maximum Gasteiger partial charge on any atom is 0.215 e. The SMILES string of the molecule is CC(C)(C)C1=CCN(S(=O)(=O)CCN2CCNCC2)CC1. The Hall–Kier alpha value is -0.430. The second kappa shape index (κ2) is 6.77. The van der Waals surface area contributed by atoms with Gasteiger partial charge in [0.05, 0.1) is 5.75 Å². The molecular formula is C15H29N3O2S. The van der Waals surface area contributed by atoms with E-state index in [0.717, 1.165) is 32.6 Å². The first kappa shape index (κ1) is 16.9. The summed E-state index contributed by atoms with van der Waals surface area (Å²) in [6.45, 7) is 12.2. The summed E-state index contributed by atoms with van der Waals surface area (Å²) in [4.78, 5) is 2.23. The smallest absolute Gasteiger partial charge is 0.215 e. The van der Waals surface area contributed by atoms with Crippen LogP contribution < -0.4 is 5.32 Å². The van der Waals surface area contributed by atoms with Gasteiger partial charge in [-0.25, -0.2) is 8.42 Å². The molecule has 0 unspecified atom stereocenters. The molecule has 0 radical (unpaired) electrons. The highest BCUT2D eigenvalue weighted by Crippen LogP contribution is 2.30. The van der Waals surface area contributed by atoms with Crippen molar-refractivity contribution in [2.75, 3.05) is 51.6 Å². The van der Waals surface area contributed by atoms with Crippen molar-refractivity contribution in [2.24, 2.45) is 5.41 Å². The first-order valence-electron chi connectivity index (χ1n) is 7.89. The van der Waals surface area contributed by atoms with Gasteiger partial charge in [0, 0.05) is 45.8 Å². The second-order valence-electron chi connectivity index (χ2n) is 7.00. The van der Waals surface area contributed by atoms with Crippen molar-refractivity contribution in [3.63, 3.8) is 0 Å².